The summed E-state index contributed by atoms with van der Waals surface area (Å²) >= 11 is 0. The number of carbonyl (C=O) groups excluding carboxylic acids is 2. The molecule has 0 spiro atoms. The Morgan fingerprint density at radius 1 is 0.913 bits per heavy atom. The molecule has 3 aromatic carbocycles. The van der Waals surface area contributed by atoms with Crippen LogP contribution in [0.5, 0.6) is 0 Å². The number of amides is 2. The van der Waals surface area contributed by atoms with Gasteiger partial charge in [0.1, 0.15) is 0 Å². The number of H-pyrrole nitrogens is 2. The second-order valence-electron chi connectivity index (χ2n) is 11.3. The normalized spacial score (nSPS) is 13.6. The first-order valence-corrected chi connectivity index (χ1v) is 15.0. The Balaban J connectivity index is 1.11. The highest BCUT2D eigenvalue weighted by Crippen LogP contribution is 2.33. The van der Waals surface area contributed by atoms with Crippen LogP contribution in [0.25, 0.3) is 44.3 Å². The summed E-state index contributed by atoms with van der Waals surface area (Å²) in [4.78, 5) is 63.1. The zero-order valence-corrected chi connectivity index (χ0v) is 24.8. The summed E-state index contributed by atoms with van der Waals surface area (Å²) in [6, 6.07) is 26.0. The molecule has 2 amide bonds. The zero-order chi connectivity index (χ0) is 31.8. The molecule has 3 N–H and O–H groups in total. The van der Waals surface area contributed by atoms with Crippen LogP contribution in [0.2, 0.25) is 0 Å². The van der Waals surface area contributed by atoms with Crippen LogP contribution in [-0.4, -0.2) is 49.3 Å². The largest absolute Gasteiger partial charge is 0.338 e. The third kappa shape index (κ3) is 5.30. The van der Waals surface area contributed by atoms with Crippen LogP contribution >= 0.6 is 0 Å². The second kappa shape index (κ2) is 11.8. The van der Waals surface area contributed by atoms with E-state index in [4.69, 9.17) is 4.98 Å². The number of nitrogens with one attached hydrogen (secondary N) is 3. The van der Waals surface area contributed by atoms with Gasteiger partial charge in [0.25, 0.3) is 11.5 Å². The van der Waals surface area contributed by atoms with Gasteiger partial charge in [-0.2, -0.15) is 0 Å². The summed E-state index contributed by atoms with van der Waals surface area (Å²) < 4.78 is 1.73. The molecular formula is C36H30N6O4. The number of carbonyl (C=O) groups is 2. The van der Waals surface area contributed by atoms with Crippen molar-refractivity contribution in [1.82, 2.24) is 24.4 Å². The molecule has 10 heteroatoms. The smallest absolute Gasteiger partial charge is 0.326 e. The highest BCUT2D eigenvalue weighted by atomic mass is 16.2. The molecule has 7 rings (SSSR count). The van der Waals surface area contributed by atoms with Crippen molar-refractivity contribution in [2.24, 2.45) is 0 Å². The molecule has 0 atom stereocenters. The molecule has 46 heavy (non-hydrogen) atoms. The van der Waals surface area contributed by atoms with E-state index in [1.807, 2.05) is 65.6 Å². The van der Waals surface area contributed by atoms with Crippen LogP contribution in [0.4, 0.5) is 5.69 Å². The topological polar surface area (TPSA) is 133 Å². The predicted octanol–water partition coefficient (Wildman–Crippen LogP) is 5.50. The third-order valence-electron chi connectivity index (χ3n) is 8.53. The number of hydrogen-bond acceptors (Lipinski definition) is 5. The molecule has 0 unspecified atom stereocenters. The summed E-state index contributed by atoms with van der Waals surface area (Å²) in [5.41, 5.74) is 6.01. The number of likely N-dealkylation sites (tertiary alicyclic amines) is 1. The maximum atomic E-state index is 13.5. The van der Waals surface area contributed by atoms with Crippen molar-refractivity contribution < 1.29 is 9.59 Å². The van der Waals surface area contributed by atoms with Gasteiger partial charge in [0, 0.05) is 47.7 Å². The van der Waals surface area contributed by atoms with Crippen molar-refractivity contribution in [2.45, 2.75) is 18.9 Å². The molecule has 1 aliphatic rings. The number of piperidine rings is 1. The van der Waals surface area contributed by atoms with E-state index in [0.717, 1.165) is 22.4 Å². The van der Waals surface area contributed by atoms with Gasteiger partial charge in [-0.15, -0.1) is 0 Å². The first-order chi connectivity index (χ1) is 22.4. The minimum Gasteiger partial charge on any atom is -0.338 e. The summed E-state index contributed by atoms with van der Waals surface area (Å²) in [6.45, 7) is 4.48. The van der Waals surface area contributed by atoms with E-state index in [-0.39, 0.29) is 29.1 Å². The fraction of sp³-hybridized carbons (Fsp3) is 0.139. The van der Waals surface area contributed by atoms with Gasteiger partial charge in [-0.1, -0.05) is 49.0 Å². The van der Waals surface area contributed by atoms with E-state index in [1.165, 1.54) is 6.08 Å². The lowest BCUT2D eigenvalue weighted by Crippen LogP contribution is -2.40. The molecule has 1 fully saturated rings. The van der Waals surface area contributed by atoms with Crippen molar-refractivity contribution in [3.63, 3.8) is 0 Å². The van der Waals surface area contributed by atoms with Gasteiger partial charge in [0.15, 0.2) is 0 Å². The predicted molar refractivity (Wildman–Crippen MR) is 179 cm³/mol. The molecule has 4 heterocycles. The van der Waals surface area contributed by atoms with E-state index in [0.29, 0.717) is 59.1 Å². The molecule has 3 aromatic heterocycles. The lowest BCUT2D eigenvalue weighted by atomic mass is 9.97. The maximum absolute atomic E-state index is 13.5. The summed E-state index contributed by atoms with van der Waals surface area (Å²) in [7, 11) is 0. The maximum Gasteiger partial charge on any atom is 0.326 e. The van der Waals surface area contributed by atoms with Crippen LogP contribution in [0.15, 0.2) is 113 Å². The van der Waals surface area contributed by atoms with Crippen molar-refractivity contribution in [3.8, 4) is 22.4 Å². The molecule has 10 nitrogen and oxygen atoms in total. The number of fused-ring (bicyclic) bond motifs is 2. The van der Waals surface area contributed by atoms with Gasteiger partial charge in [-0.05, 0) is 66.9 Å². The Labute approximate surface area is 263 Å². The average molecular weight is 611 g/mol. The average Bonchev–Trinajstić information content (AvgIpc) is 3.43. The number of pyridine rings is 2. The molecule has 0 radical (unpaired) electrons. The van der Waals surface area contributed by atoms with Crippen LogP contribution in [0, 0.1) is 0 Å². The summed E-state index contributed by atoms with van der Waals surface area (Å²) in [5.74, 6) is -0.405. The second-order valence-corrected chi connectivity index (χ2v) is 11.3. The Hall–Kier alpha value is -6.03. The van der Waals surface area contributed by atoms with Gasteiger partial charge in [0.2, 0.25) is 5.91 Å². The van der Waals surface area contributed by atoms with Crippen LogP contribution in [0.1, 0.15) is 29.2 Å². The quantitative estimate of drug-likeness (QED) is 0.214. The third-order valence-corrected chi connectivity index (χ3v) is 8.53. The van der Waals surface area contributed by atoms with Crippen molar-refractivity contribution in [2.75, 3.05) is 18.4 Å². The number of imidazole rings is 1. The first-order valence-electron chi connectivity index (χ1n) is 15.0. The Kier molecular flexibility index (Phi) is 7.38. The molecule has 0 bridgehead atoms. The van der Waals surface area contributed by atoms with Crippen LogP contribution < -0.4 is 16.6 Å². The van der Waals surface area contributed by atoms with E-state index in [2.05, 4.69) is 21.9 Å². The van der Waals surface area contributed by atoms with E-state index in [1.54, 1.807) is 35.0 Å². The number of aromatic amines is 2. The number of benzene rings is 3. The summed E-state index contributed by atoms with van der Waals surface area (Å²) in [5, 5.41) is 3.25. The Morgan fingerprint density at radius 3 is 2.41 bits per heavy atom. The van der Waals surface area contributed by atoms with Gasteiger partial charge in [-0.3, -0.25) is 19.0 Å². The van der Waals surface area contributed by atoms with Crippen molar-refractivity contribution in [1.29, 1.82) is 0 Å². The zero-order valence-electron chi connectivity index (χ0n) is 24.8. The Morgan fingerprint density at radius 2 is 1.67 bits per heavy atom. The number of nitrogens with zero attached hydrogens (tertiary/aromatic N) is 3. The fourth-order valence-electron chi connectivity index (χ4n) is 6.20. The van der Waals surface area contributed by atoms with Crippen molar-refractivity contribution in [3.05, 3.63) is 130 Å². The number of rotatable bonds is 6. The standard InChI is InChI=1S/C36H30N6O4/c1-2-32(43)38-25-12-13-30-31(20-25)42(36(46)40-30)26-15-18-41(19-16-26)35(45)24-10-8-23(9-11-24)33-27(22-6-4-3-5-7-22)21-28-29(39-33)14-17-37-34(28)44/h2-14,17,20-21,26H,1,15-16,18-19H2,(H,37,44)(H,38,43)(H,40,46). The summed E-state index contributed by atoms with van der Waals surface area (Å²) in [6.07, 6.45) is 4.01. The number of aromatic nitrogens is 4. The molecule has 1 aliphatic heterocycles. The molecule has 228 valence electrons. The molecule has 1 saturated heterocycles. The fourth-order valence-corrected chi connectivity index (χ4v) is 6.20. The van der Waals surface area contributed by atoms with E-state index in [9.17, 15) is 19.2 Å². The SMILES string of the molecule is C=CC(=O)Nc1ccc2[nH]c(=O)n(C3CCN(C(=O)c4ccc(-c5nc6cc[nH]c(=O)c6cc5-c5ccccc5)cc4)CC3)c2c1. The highest BCUT2D eigenvalue weighted by Gasteiger charge is 2.27. The minimum atomic E-state index is -0.328. The number of hydrogen-bond donors (Lipinski definition) is 3. The van der Waals surface area contributed by atoms with E-state index < -0.39 is 0 Å². The Bertz CT molecular complexity index is 2240. The molecular weight excluding hydrogens is 580 g/mol. The van der Waals surface area contributed by atoms with Gasteiger partial charge < -0.3 is 20.2 Å². The number of anilines is 1. The van der Waals surface area contributed by atoms with Gasteiger partial charge in [-0.25, -0.2) is 9.78 Å². The lowest BCUT2D eigenvalue weighted by Gasteiger charge is -2.32. The van der Waals surface area contributed by atoms with E-state index >= 15 is 0 Å². The monoisotopic (exact) mass is 610 g/mol. The highest BCUT2D eigenvalue weighted by molar-refractivity contribution is 6.00. The minimum absolute atomic E-state index is 0.0769. The van der Waals surface area contributed by atoms with Crippen LogP contribution in [0.3, 0.4) is 0 Å². The van der Waals surface area contributed by atoms with Crippen molar-refractivity contribution >= 4 is 39.4 Å². The first kappa shape index (κ1) is 28.7. The van der Waals surface area contributed by atoms with Gasteiger partial charge in [0.05, 0.1) is 27.6 Å². The molecule has 0 aliphatic carbocycles. The van der Waals surface area contributed by atoms with Crippen LogP contribution in [-0.2, 0) is 4.79 Å². The molecule has 6 aromatic rings. The van der Waals surface area contributed by atoms with Gasteiger partial charge >= 0.3 is 5.69 Å². The molecule has 0 saturated carbocycles. The lowest BCUT2D eigenvalue weighted by molar-refractivity contribution is -0.111.